The number of methoxy groups -OCH3 is 2. The van der Waals surface area contributed by atoms with Crippen molar-refractivity contribution in [2.45, 2.75) is 30.5 Å². The highest BCUT2D eigenvalue weighted by Gasteiger charge is 2.33. The lowest BCUT2D eigenvalue weighted by Gasteiger charge is -2.39. The molecule has 1 aliphatic rings. The maximum Gasteiger partial charge on any atom is 0.237 e. The van der Waals surface area contributed by atoms with Crippen molar-refractivity contribution in [3.8, 4) is 22.6 Å². The Morgan fingerprint density at radius 3 is 2.54 bits per heavy atom. The van der Waals surface area contributed by atoms with Crippen molar-refractivity contribution >= 4 is 46.8 Å². The number of rotatable bonds is 12. The van der Waals surface area contributed by atoms with Crippen LogP contribution < -0.4 is 20.5 Å². The van der Waals surface area contributed by atoms with Gasteiger partial charge in [0.2, 0.25) is 11.8 Å². The predicted molar refractivity (Wildman–Crippen MR) is 162 cm³/mol. The number of benzene rings is 2. The van der Waals surface area contributed by atoms with Crippen molar-refractivity contribution < 1.29 is 19.1 Å². The van der Waals surface area contributed by atoms with Crippen LogP contribution in [-0.2, 0) is 16.0 Å². The molecule has 3 N–H and O–H groups in total. The van der Waals surface area contributed by atoms with E-state index in [1.807, 2.05) is 30.3 Å². The van der Waals surface area contributed by atoms with Gasteiger partial charge in [-0.05, 0) is 67.6 Å². The van der Waals surface area contributed by atoms with Crippen molar-refractivity contribution in [1.29, 1.82) is 0 Å². The van der Waals surface area contributed by atoms with Crippen LogP contribution in [0.4, 0.5) is 0 Å². The molecule has 1 fully saturated rings. The smallest absolute Gasteiger partial charge is 0.237 e. The van der Waals surface area contributed by atoms with E-state index >= 15 is 0 Å². The zero-order valence-electron chi connectivity index (χ0n) is 22.9. The lowest BCUT2D eigenvalue weighted by atomic mass is 9.86. The van der Waals surface area contributed by atoms with Crippen molar-refractivity contribution in [2.75, 3.05) is 39.6 Å². The molecule has 0 radical (unpaired) electrons. The molecule has 1 aliphatic heterocycles. The number of thioether (sulfide) groups is 1. The van der Waals surface area contributed by atoms with E-state index in [0.717, 1.165) is 42.6 Å². The molecule has 0 bridgehead atoms. The standard InChI is InChI=1S/C29H33Cl2N5O4S/c1-39-24-9-8-18(12-25(24)40-2)21-14-34-29(35-15-21)41-17-27(38)36(16-26(32)37)23(20-6-4-10-33-13-20)11-19-5-3-7-22(30)28(19)31/h3,5,7-9,12,14-15,20,23,33H,4,6,10-11,13,16-17H2,1-2H3,(H2,32,37). The number of halogens is 2. The number of piperidine rings is 1. The predicted octanol–water partition coefficient (Wildman–Crippen LogP) is 4.48. The summed E-state index contributed by atoms with van der Waals surface area (Å²) in [6.45, 7) is 1.44. The fraction of sp³-hybridized carbons (Fsp3) is 0.379. The summed E-state index contributed by atoms with van der Waals surface area (Å²) in [7, 11) is 3.16. The van der Waals surface area contributed by atoms with Crippen molar-refractivity contribution in [3.05, 3.63) is 64.4 Å². The molecule has 2 amide bonds. The van der Waals surface area contributed by atoms with Gasteiger partial charge in [0.15, 0.2) is 16.7 Å². The number of nitrogens with one attached hydrogen (secondary N) is 1. The van der Waals surface area contributed by atoms with Crippen LogP contribution in [-0.4, -0.2) is 72.3 Å². The van der Waals surface area contributed by atoms with E-state index < -0.39 is 5.91 Å². The number of primary amides is 1. The van der Waals surface area contributed by atoms with Gasteiger partial charge in [-0.2, -0.15) is 0 Å². The normalized spacial score (nSPS) is 15.7. The summed E-state index contributed by atoms with van der Waals surface area (Å²) in [5, 5.41) is 4.75. The zero-order valence-corrected chi connectivity index (χ0v) is 25.3. The van der Waals surface area contributed by atoms with Crippen LogP contribution in [0.2, 0.25) is 10.0 Å². The van der Waals surface area contributed by atoms with Crippen LogP contribution in [0.25, 0.3) is 11.1 Å². The lowest BCUT2D eigenvalue weighted by molar-refractivity contribution is -0.136. The molecule has 9 nitrogen and oxygen atoms in total. The maximum atomic E-state index is 13.6. The summed E-state index contributed by atoms with van der Waals surface area (Å²) < 4.78 is 10.7. The third kappa shape index (κ3) is 8.03. The molecule has 41 heavy (non-hydrogen) atoms. The first kappa shape index (κ1) is 30.9. The van der Waals surface area contributed by atoms with Crippen LogP contribution in [0.5, 0.6) is 11.5 Å². The summed E-state index contributed by atoms with van der Waals surface area (Å²) in [6.07, 6.45) is 5.72. The Morgan fingerprint density at radius 2 is 1.88 bits per heavy atom. The molecular weight excluding hydrogens is 585 g/mol. The second-order valence-corrected chi connectivity index (χ2v) is 11.4. The van der Waals surface area contributed by atoms with Gasteiger partial charge in [-0.25, -0.2) is 9.97 Å². The minimum Gasteiger partial charge on any atom is -0.493 e. The second-order valence-electron chi connectivity index (χ2n) is 9.69. The molecule has 3 aromatic rings. The summed E-state index contributed by atoms with van der Waals surface area (Å²) in [6, 6.07) is 10.7. The first-order chi connectivity index (χ1) is 19.8. The number of nitrogens with zero attached hydrogens (tertiary/aromatic N) is 3. The monoisotopic (exact) mass is 617 g/mol. The SMILES string of the molecule is COc1ccc(-c2cnc(SCC(=O)N(CC(N)=O)C(Cc3cccc(Cl)c3Cl)C3CCCNC3)nc2)cc1OC. The molecule has 2 aromatic carbocycles. The Balaban J connectivity index is 1.51. The molecule has 12 heteroatoms. The molecule has 0 aliphatic carbocycles. The molecule has 0 saturated carbocycles. The number of hydrogen-bond donors (Lipinski definition) is 2. The summed E-state index contributed by atoms with van der Waals surface area (Å²) in [5.74, 6) is 0.584. The van der Waals surface area contributed by atoms with Gasteiger partial charge in [-0.3, -0.25) is 9.59 Å². The molecule has 2 unspecified atom stereocenters. The van der Waals surface area contributed by atoms with Crippen molar-refractivity contribution in [3.63, 3.8) is 0 Å². The molecule has 1 saturated heterocycles. The van der Waals surface area contributed by atoms with Crippen LogP contribution in [0.15, 0.2) is 53.9 Å². The molecule has 2 atom stereocenters. The van der Waals surface area contributed by atoms with Gasteiger partial charge >= 0.3 is 0 Å². The average molecular weight is 619 g/mol. The van der Waals surface area contributed by atoms with Crippen LogP contribution in [0, 0.1) is 5.92 Å². The van der Waals surface area contributed by atoms with Gasteiger partial charge < -0.3 is 25.4 Å². The molecule has 0 spiro atoms. The number of ether oxygens (including phenoxy) is 2. The average Bonchev–Trinajstić information content (AvgIpc) is 2.99. The largest absolute Gasteiger partial charge is 0.493 e. The van der Waals surface area contributed by atoms with Crippen LogP contribution in [0.1, 0.15) is 18.4 Å². The Labute approximate surface area is 254 Å². The van der Waals surface area contributed by atoms with Gasteiger partial charge in [0, 0.05) is 24.0 Å². The van der Waals surface area contributed by atoms with E-state index in [1.165, 1.54) is 11.8 Å². The third-order valence-electron chi connectivity index (χ3n) is 7.06. The van der Waals surface area contributed by atoms with Crippen LogP contribution >= 0.6 is 35.0 Å². The Kier molecular flexibility index (Phi) is 11.1. The summed E-state index contributed by atoms with van der Waals surface area (Å²) in [5.41, 5.74) is 8.10. The first-order valence-electron chi connectivity index (χ1n) is 13.2. The van der Waals surface area contributed by atoms with E-state index in [1.54, 1.807) is 37.6 Å². The second kappa shape index (κ2) is 14.7. The molecule has 2 heterocycles. The van der Waals surface area contributed by atoms with Gasteiger partial charge in [0.1, 0.15) is 0 Å². The third-order valence-corrected chi connectivity index (χ3v) is 8.77. The van der Waals surface area contributed by atoms with Crippen molar-refractivity contribution in [2.24, 2.45) is 11.7 Å². The Hall–Kier alpha value is -3.05. The Morgan fingerprint density at radius 1 is 1.12 bits per heavy atom. The first-order valence-corrected chi connectivity index (χ1v) is 14.9. The van der Waals surface area contributed by atoms with Gasteiger partial charge in [-0.15, -0.1) is 0 Å². The molecule has 218 valence electrons. The van der Waals surface area contributed by atoms with E-state index in [0.29, 0.717) is 33.1 Å². The van der Waals surface area contributed by atoms with Gasteiger partial charge in [0.25, 0.3) is 0 Å². The topological polar surface area (TPSA) is 120 Å². The lowest BCUT2D eigenvalue weighted by Crippen LogP contribution is -2.53. The van der Waals surface area contributed by atoms with E-state index in [4.69, 9.17) is 38.4 Å². The number of carbonyl (C=O) groups excluding carboxylic acids is 2. The number of nitrogens with two attached hydrogens (primary N) is 1. The number of carbonyl (C=O) groups is 2. The minimum absolute atomic E-state index is 0.0446. The fourth-order valence-electron chi connectivity index (χ4n) is 4.99. The summed E-state index contributed by atoms with van der Waals surface area (Å²) >= 11 is 14.0. The van der Waals surface area contributed by atoms with Crippen LogP contribution in [0.3, 0.4) is 0 Å². The van der Waals surface area contributed by atoms with Gasteiger partial charge in [0.05, 0.1) is 36.6 Å². The molecule has 4 rings (SSSR count). The number of hydrogen-bond acceptors (Lipinski definition) is 8. The number of amides is 2. The fourth-order valence-corrected chi connectivity index (χ4v) is 6.06. The Bertz CT molecular complexity index is 1360. The highest BCUT2D eigenvalue weighted by Crippen LogP contribution is 2.33. The summed E-state index contributed by atoms with van der Waals surface area (Å²) in [4.78, 5) is 36.2. The van der Waals surface area contributed by atoms with E-state index in [-0.39, 0.29) is 30.2 Å². The minimum atomic E-state index is -0.579. The zero-order chi connectivity index (χ0) is 29.4. The van der Waals surface area contributed by atoms with Crippen molar-refractivity contribution in [1.82, 2.24) is 20.2 Å². The highest BCUT2D eigenvalue weighted by molar-refractivity contribution is 7.99. The van der Waals surface area contributed by atoms with E-state index in [9.17, 15) is 9.59 Å². The molecular formula is C29H33Cl2N5O4S. The quantitative estimate of drug-likeness (QED) is 0.225. The maximum absolute atomic E-state index is 13.6. The number of aromatic nitrogens is 2. The molecule has 1 aromatic heterocycles. The highest BCUT2D eigenvalue weighted by atomic mass is 35.5. The van der Waals surface area contributed by atoms with E-state index in [2.05, 4.69) is 15.3 Å². The van der Waals surface area contributed by atoms with Gasteiger partial charge in [-0.1, -0.05) is 53.2 Å².